The number of aromatic nitrogens is 4. The molecule has 0 N–H and O–H groups in total. The number of hydrogen-bond donors (Lipinski definition) is 0. The summed E-state index contributed by atoms with van der Waals surface area (Å²) in [6, 6.07) is 6.42. The Labute approximate surface area is 169 Å². The molecule has 1 unspecified atom stereocenters. The summed E-state index contributed by atoms with van der Waals surface area (Å²) in [4.78, 5) is 24.1. The van der Waals surface area contributed by atoms with Crippen LogP contribution < -0.4 is 0 Å². The third-order valence-electron chi connectivity index (χ3n) is 4.36. The number of hydrogen-bond acceptors (Lipinski definition) is 5. The number of carbonyl (C=O) groups is 1. The Morgan fingerprint density at radius 1 is 1.21 bits per heavy atom. The number of benzene rings is 1. The van der Waals surface area contributed by atoms with Crippen LogP contribution in [-0.2, 0) is 22.8 Å². The van der Waals surface area contributed by atoms with Crippen molar-refractivity contribution in [2.24, 2.45) is 7.05 Å². The van der Waals surface area contributed by atoms with Crippen molar-refractivity contribution in [2.45, 2.75) is 19.0 Å². The number of halogens is 4. The predicted octanol–water partition coefficient (Wildman–Crippen LogP) is 4.16. The second-order valence-electron chi connectivity index (χ2n) is 6.34. The minimum Gasteiger partial charge on any atom is -0.468 e. The molecule has 10 heteroatoms. The van der Waals surface area contributed by atoms with Crippen molar-refractivity contribution < 1.29 is 22.7 Å². The third-order valence-corrected chi connectivity index (χ3v) is 4.54. The fraction of sp³-hybridized carbons (Fsp3) is 0.263. The molecule has 0 bridgehead atoms. The first-order valence-corrected chi connectivity index (χ1v) is 8.77. The molecular formula is C19H16ClF3N4O2. The van der Waals surface area contributed by atoms with Gasteiger partial charge in [0, 0.05) is 25.0 Å². The summed E-state index contributed by atoms with van der Waals surface area (Å²) in [6.45, 7) is 1.74. The minimum absolute atomic E-state index is 0.0104. The standard InChI is InChI=1S/C19H16ClF3N4O2/c1-10-8-24-18(20)26-15(10)14(17(28)29-3)11-4-6-12(7-5-11)16-25-13(9-27(16)2)19(21,22)23/h4-9,14H,1-3H3. The maximum absolute atomic E-state index is 12.9. The minimum atomic E-state index is -4.53. The van der Waals surface area contributed by atoms with Crippen LogP contribution in [0.3, 0.4) is 0 Å². The average Bonchev–Trinajstić information content (AvgIpc) is 3.07. The molecule has 29 heavy (non-hydrogen) atoms. The van der Waals surface area contributed by atoms with Gasteiger partial charge >= 0.3 is 12.1 Å². The molecule has 1 atom stereocenters. The van der Waals surface area contributed by atoms with Crippen LogP contribution in [0.25, 0.3) is 11.4 Å². The molecule has 0 spiro atoms. The summed E-state index contributed by atoms with van der Waals surface area (Å²) < 4.78 is 44.9. The molecule has 2 heterocycles. The van der Waals surface area contributed by atoms with Crippen LogP contribution in [0.15, 0.2) is 36.7 Å². The first-order valence-electron chi connectivity index (χ1n) is 8.39. The first kappa shape index (κ1) is 20.8. The maximum atomic E-state index is 12.9. The molecule has 0 saturated carbocycles. The van der Waals surface area contributed by atoms with Crippen molar-refractivity contribution in [1.82, 2.24) is 19.5 Å². The molecule has 1 aromatic carbocycles. The van der Waals surface area contributed by atoms with Gasteiger partial charge in [0.15, 0.2) is 5.69 Å². The van der Waals surface area contributed by atoms with Crippen LogP contribution in [0, 0.1) is 6.92 Å². The van der Waals surface area contributed by atoms with Gasteiger partial charge in [0.25, 0.3) is 0 Å². The van der Waals surface area contributed by atoms with Crippen LogP contribution >= 0.6 is 11.6 Å². The summed E-state index contributed by atoms with van der Waals surface area (Å²) in [5.41, 5.74) is 1.07. The molecule has 152 valence electrons. The Bertz CT molecular complexity index is 1050. The topological polar surface area (TPSA) is 69.9 Å². The molecule has 0 aliphatic carbocycles. The predicted molar refractivity (Wildman–Crippen MR) is 99.3 cm³/mol. The maximum Gasteiger partial charge on any atom is 0.434 e. The third kappa shape index (κ3) is 4.24. The van der Waals surface area contributed by atoms with Gasteiger partial charge in [-0.3, -0.25) is 4.79 Å². The lowest BCUT2D eigenvalue weighted by atomic mass is 9.92. The summed E-state index contributed by atoms with van der Waals surface area (Å²) in [5, 5.41) is -0.0104. The van der Waals surface area contributed by atoms with E-state index in [-0.39, 0.29) is 11.1 Å². The van der Waals surface area contributed by atoms with Crippen molar-refractivity contribution in [2.75, 3.05) is 7.11 Å². The highest BCUT2D eigenvalue weighted by molar-refractivity contribution is 6.28. The molecule has 3 rings (SSSR count). The summed E-state index contributed by atoms with van der Waals surface area (Å²) in [7, 11) is 2.74. The van der Waals surface area contributed by atoms with Gasteiger partial charge in [-0.05, 0) is 29.7 Å². The summed E-state index contributed by atoms with van der Waals surface area (Å²) >= 11 is 5.88. The van der Waals surface area contributed by atoms with E-state index in [1.165, 1.54) is 24.9 Å². The molecule has 0 saturated heterocycles. The van der Waals surface area contributed by atoms with E-state index < -0.39 is 23.8 Å². The fourth-order valence-corrected chi connectivity index (χ4v) is 3.08. The molecule has 0 radical (unpaired) electrons. The van der Waals surface area contributed by atoms with Crippen molar-refractivity contribution in [3.8, 4) is 11.4 Å². The molecule has 0 fully saturated rings. The first-order chi connectivity index (χ1) is 13.6. The second-order valence-corrected chi connectivity index (χ2v) is 6.68. The Morgan fingerprint density at radius 2 is 1.86 bits per heavy atom. The fourth-order valence-electron chi connectivity index (χ4n) is 2.94. The van der Waals surface area contributed by atoms with Gasteiger partial charge in [-0.15, -0.1) is 0 Å². The van der Waals surface area contributed by atoms with E-state index in [1.54, 1.807) is 31.2 Å². The highest BCUT2D eigenvalue weighted by Crippen LogP contribution is 2.32. The summed E-state index contributed by atoms with van der Waals surface area (Å²) in [5.74, 6) is -1.26. The zero-order valence-electron chi connectivity index (χ0n) is 15.7. The second kappa shape index (κ2) is 7.82. The molecular weight excluding hydrogens is 409 g/mol. The lowest BCUT2D eigenvalue weighted by Crippen LogP contribution is -2.18. The Kier molecular flexibility index (Phi) is 5.61. The van der Waals surface area contributed by atoms with Crippen LogP contribution in [0.2, 0.25) is 5.28 Å². The Balaban J connectivity index is 2.02. The van der Waals surface area contributed by atoms with Crippen LogP contribution in [0.4, 0.5) is 13.2 Å². The van der Waals surface area contributed by atoms with Gasteiger partial charge in [0.2, 0.25) is 5.28 Å². The Hall–Kier alpha value is -2.94. The molecule has 6 nitrogen and oxygen atoms in total. The Morgan fingerprint density at radius 3 is 2.41 bits per heavy atom. The van der Waals surface area contributed by atoms with Crippen LogP contribution in [0.1, 0.15) is 28.4 Å². The van der Waals surface area contributed by atoms with Gasteiger partial charge in [-0.25, -0.2) is 15.0 Å². The highest BCUT2D eigenvalue weighted by Gasteiger charge is 2.34. The number of nitrogens with zero attached hydrogens (tertiary/aromatic N) is 4. The van der Waals surface area contributed by atoms with Crippen molar-refractivity contribution in [3.63, 3.8) is 0 Å². The number of imidazole rings is 1. The normalized spacial score (nSPS) is 12.7. The smallest absolute Gasteiger partial charge is 0.434 e. The van der Waals surface area contributed by atoms with Crippen molar-refractivity contribution in [1.29, 1.82) is 0 Å². The monoisotopic (exact) mass is 424 g/mol. The van der Waals surface area contributed by atoms with E-state index in [2.05, 4.69) is 15.0 Å². The van der Waals surface area contributed by atoms with E-state index in [0.29, 0.717) is 22.4 Å². The van der Waals surface area contributed by atoms with Gasteiger partial charge in [0.05, 0.1) is 12.8 Å². The number of alkyl halides is 3. The van der Waals surface area contributed by atoms with E-state index in [1.807, 2.05) is 0 Å². The van der Waals surface area contributed by atoms with E-state index in [4.69, 9.17) is 16.3 Å². The zero-order valence-corrected chi connectivity index (χ0v) is 16.4. The van der Waals surface area contributed by atoms with Crippen molar-refractivity contribution >= 4 is 17.6 Å². The molecule has 0 aliphatic rings. The van der Waals surface area contributed by atoms with Gasteiger partial charge in [-0.2, -0.15) is 13.2 Å². The quantitative estimate of drug-likeness (QED) is 0.464. The molecule has 0 aliphatic heterocycles. The van der Waals surface area contributed by atoms with Crippen LogP contribution in [0.5, 0.6) is 0 Å². The summed E-state index contributed by atoms with van der Waals surface area (Å²) in [6.07, 6.45) is -2.11. The number of rotatable bonds is 4. The molecule has 0 amide bonds. The average molecular weight is 425 g/mol. The van der Waals surface area contributed by atoms with Gasteiger partial charge in [-0.1, -0.05) is 24.3 Å². The van der Waals surface area contributed by atoms with E-state index in [9.17, 15) is 18.0 Å². The van der Waals surface area contributed by atoms with E-state index >= 15 is 0 Å². The molecule has 3 aromatic rings. The van der Waals surface area contributed by atoms with Gasteiger partial charge in [0.1, 0.15) is 11.7 Å². The largest absolute Gasteiger partial charge is 0.468 e. The zero-order chi connectivity index (χ0) is 21.3. The lowest BCUT2D eigenvalue weighted by molar-refractivity contribution is -0.142. The van der Waals surface area contributed by atoms with Gasteiger partial charge < -0.3 is 9.30 Å². The SMILES string of the molecule is COC(=O)C(c1ccc(-c2nc(C(F)(F)F)cn2C)cc1)c1nc(Cl)ncc1C. The highest BCUT2D eigenvalue weighted by atomic mass is 35.5. The van der Waals surface area contributed by atoms with E-state index in [0.717, 1.165) is 6.20 Å². The number of ether oxygens (including phenoxy) is 1. The number of esters is 1. The number of carbonyl (C=O) groups excluding carboxylic acids is 1. The molecule has 2 aromatic heterocycles. The number of aryl methyl sites for hydroxylation is 2. The van der Waals surface area contributed by atoms with Crippen molar-refractivity contribution in [3.05, 3.63) is 64.5 Å². The number of methoxy groups -OCH3 is 1. The van der Waals surface area contributed by atoms with Crippen LogP contribution in [-0.4, -0.2) is 32.6 Å². The lowest BCUT2D eigenvalue weighted by Gasteiger charge is -2.17.